The molecule has 0 aromatic heterocycles. The van der Waals surface area contributed by atoms with Crippen molar-refractivity contribution in [3.8, 4) is 11.5 Å². The molecular formula is C32H41N3O6S. The van der Waals surface area contributed by atoms with Crippen LogP contribution in [-0.4, -0.2) is 64.5 Å². The van der Waals surface area contributed by atoms with Gasteiger partial charge < -0.3 is 19.7 Å². The summed E-state index contributed by atoms with van der Waals surface area (Å²) in [4.78, 5) is 29.1. The van der Waals surface area contributed by atoms with E-state index in [1.807, 2.05) is 51.1 Å². The molecule has 3 rings (SSSR count). The van der Waals surface area contributed by atoms with E-state index in [9.17, 15) is 18.0 Å². The van der Waals surface area contributed by atoms with Gasteiger partial charge in [-0.05, 0) is 56.0 Å². The first-order valence-electron chi connectivity index (χ1n) is 14.1. The number of carbonyl (C=O) groups excluding carboxylic acids is 2. The highest BCUT2D eigenvalue weighted by Gasteiger charge is 2.35. The molecule has 2 atom stereocenters. The Morgan fingerprint density at radius 1 is 0.881 bits per heavy atom. The molecule has 3 aromatic rings. The third-order valence-corrected chi connectivity index (χ3v) is 8.91. The molecule has 0 aliphatic carbocycles. The molecule has 0 fully saturated rings. The number of sulfonamides is 1. The molecule has 0 aliphatic rings. The van der Waals surface area contributed by atoms with Gasteiger partial charge in [0, 0.05) is 18.7 Å². The van der Waals surface area contributed by atoms with Crippen LogP contribution in [0.1, 0.15) is 39.2 Å². The molecule has 0 unspecified atom stereocenters. The second-order valence-electron chi connectivity index (χ2n) is 9.93. The maximum Gasteiger partial charge on any atom is 0.264 e. The molecule has 10 heteroatoms. The third-order valence-electron chi connectivity index (χ3n) is 7.14. The SMILES string of the molecule is CC[C@@H](C)NC(=O)[C@@H](CC)N(CCc1ccccc1)C(=O)CN(c1cc(OC)ccc1OC)S(=O)(=O)c1ccccc1. The van der Waals surface area contributed by atoms with Gasteiger partial charge in [0.1, 0.15) is 24.1 Å². The van der Waals surface area contributed by atoms with E-state index >= 15 is 0 Å². The summed E-state index contributed by atoms with van der Waals surface area (Å²) in [6, 6.07) is 21.4. The van der Waals surface area contributed by atoms with Crippen LogP contribution in [0.25, 0.3) is 0 Å². The molecule has 226 valence electrons. The minimum atomic E-state index is -4.23. The first-order chi connectivity index (χ1) is 20.2. The molecule has 3 aromatic carbocycles. The predicted molar refractivity (Wildman–Crippen MR) is 164 cm³/mol. The number of ether oxygens (including phenoxy) is 2. The number of hydrogen-bond donors (Lipinski definition) is 1. The maximum absolute atomic E-state index is 14.2. The number of rotatable bonds is 15. The van der Waals surface area contributed by atoms with Crippen LogP contribution in [-0.2, 0) is 26.0 Å². The topological polar surface area (TPSA) is 105 Å². The number of nitrogens with zero attached hydrogens (tertiary/aromatic N) is 2. The van der Waals surface area contributed by atoms with Crippen LogP contribution in [0, 0.1) is 0 Å². The van der Waals surface area contributed by atoms with E-state index in [4.69, 9.17) is 9.47 Å². The fourth-order valence-corrected chi connectivity index (χ4v) is 6.00. The van der Waals surface area contributed by atoms with E-state index < -0.39 is 28.5 Å². The fourth-order valence-electron chi connectivity index (χ4n) is 4.56. The molecule has 0 saturated heterocycles. The quantitative estimate of drug-likeness (QED) is 0.274. The van der Waals surface area contributed by atoms with Crippen LogP contribution in [0.15, 0.2) is 83.8 Å². The molecule has 0 saturated carbocycles. The summed E-state index contributed by atoms with van der Waals surface area (Å²) >= 11 is 0. The molecule has 2 amide bonds. The van der Waals surface area contributed by atoms with Crippen molar-refractivity contribution in [1.29, 1.82) is 0 Å². The Morgan fingerprint density at radius 2 is 1.52 bits per heavy atom. The fraction of sp³-hybridized carbons (Fsp3) is 0.375. The van der Waals surface area contributed by atoms with Gasteiger partial charge in [0.2, 0.25) is 11.8 Å². The number of amides is 2. The van der Waals surface area contributed by atoms with Gasteiger partial charge in [-0.2, -0.15) is 0 Å². The van der Waals surface area contributed by atoms with Gasteiger partial charge in [0.15, 0.2) is 0 Å². The smallest absolute Gasteiger partial charge is 0.264 e. The lowest BCUT2D eigenvalue weighted by atomic mass is 10.1. The monoisotopic (exact) mass is 595 g/mol. The van der Waals surface area contributed by atoms with Crippen molar-refractivity contribution in [1.82, 2.24) is 10.2 Å². The zero-order valence-electron chi connectivity index (χ0n) is 24.9. The number of carbonyl (C=O) groups is 2. The Bertz CT molecular complexity index is 1420. The van der Waals surface area contributed by atoms with Gasteiger partial charge in [-0.25, -0.2) is 8.42 Å². The Morgan fingerprint density at radius 3 is 2.10 bits per heavy atom. The molecule has 0 spiro atoms. The van der Waals surface area contributed by atoms with Crippen LogP contribution in [0.2, 0.25) is 0 Å². The van der Waals surface area contributed by atoms with Crippen LogP contribution in [0.3, 0.4) is 0 Å². The standard InChI is InChI=1S/C32H41N3O6S/c1-6-24(3)33-32(37)28(7-2)34(21-20-25-14-10-8-11-15-25)31(36)23-35(42(38,39)27-16-12-9-13-17-27)29-22-26(40-4)18-19-30(29)41-5/h8-19,22,24,28H,6-7,20-21,23H2,1-5H3,(H,33,37)/t24-,28-/m1/s1. The molecule has 9 nitrogen and oxygen atoms in total. The summed E-state index contributed by atoms with van der Waals surface area (Å²) in [6.45, 7) is 5.39. The van der Waals surface area contributed by atoms with Crippen molar-refractivity contribution in [2.24, 2.45) is 0 Å². The third kappa shape index (κ3) is 8.03. The Balaban J connectivity index is 2.08. The second kappa shape index (κ2) is 15.3. The lowest BCUT2D eigenvalue weighted by Gasteiger charge is -2.34. The zero-order valence-corrected chi connectivity index (χ0v) is 25.8. The predicted octanol–water partition coefficient (Wildman–Crippen LogP) is 4.66. The van der Waals surface area contributed by atoms with Crippen LogP contribution in [0.4, 0.5) is 5.69 Å². The van der Waals surface area contributed by atoms with Gasteiger partial charge in [0.25, 0.3) is 10.0 Å². The van der Waals surface area contributed by atoms with Gasteiger partial charge in [-0.3, -0.25) is 13.9 Å². The number of anilines is 1. The summed E-state index contributed by atoms with van der Waals surface area (Å²) in [5.74, 6) is -0.140. The number of benzene rings is 3. The summed E-state index contributed by atoms with van der Waals surface area (Å²) in [7, 11) is -1.33. The zero-order chi connectivity index (χ0) is 30.7. The van der Waals surface area contributed by atoms with Crippen molar-refractivity contribution in [3.63, 3.8) is 0 Å². The maximum atomic E-state index is 14.2. The Hall–Kier alpha value is -4.05. The largest absolute Gasteiger partial charge is 0.497 e. The molecule has 0 heterocycles. The van der Waals surface area contributed by atoms with Crippen molar-refractivity contribution >= 4 is 27.5 Å². The van der Waals surface area contributed by atoms with Gasteiger partial charge >= 0.3 is 0 Å². The summed E-state index contributed by atoms with van der Waals surface area (Å²) < 4.78 is 40.1. The highest BCUT2D eigenvalue weighted by Crippen LogP contribution is 2.36. The number of hydrogen-bond acceptors (Lipinski definition) is 6. The first-order valence-corrected chi connectivity index (χ1v) is 15.5. The normalized spacial score (nSPS) is 12.6. The van der Waals surface area contributed by atoms with Crippen LogP contribution in [0.5, 0.6) is 11.5 Å². The molecule has 1 N–H and O–H groups in total. The van der Waals surface area contributed by atoms with E-state index in [-0.39, 0.29) is 34.8 Å². The first kappa shape index (κ1) is 32.5. The number of methoxy groups -OCH3 is 2. The van der Waals surface area contributed by atoms with Gasteiger partial charge in [-0.15, -0.1) is 0 Å². The lowest BCUT2D eigenvalue weighted by molar-refractivity contribution is -0.139. The molecule has 0 bridgehead atoms. The highest BCUT2D eigenvalue weighted by molar-refractivity contribution is 7.92. The Labute approximate surface area is 249 Å². The summed E-state index contributed by atoms with van der Waals surface area (Å²) in [6.07, 6.45) is 1.59. The molecular weight excluding hydrogens is 554 g/mol. The minimum Gasteiger partial charge on any atom is -0.497 e. The van der Waals surface area contributed by atoms with Crippen LogP contribution < -0.4 is 19.1 Å². The van der Waals surface area contributed by atoms with E-state index in [1.165, 1.54) is 37.3 Å². The van der Waals surface area contributed by atoms with E-state index in [0.717, 1.165) is 16.3 Å². The number of nitrogens with one attached hydrogen (secondary N) is 1. The second-order valence-corrected chi connectivity index (χ2v) is 11.8. The average Bonchev–Trinajstić information content (AvgIpc) is 3.02. The summed E-state index contributed by atoms with van der Waals surface area (Å²) in [5.41, 5.74) is 1.14. The van der Waals surface area contributed by atoms with Crippen molar-refractivity contribution in [2.75, 3.05) is 31.6 Å². The lowest BCUT2D eigenvalue weighted by Crippen LogP contribution is -2.54. The highest BCUT2D eigenvalue weighted by atomic mass is 32.2. The minimum absolute atomic E-state index is 0.0139. The summed E-state index contributed by atoms with van der Waals surface area (Å²) in [5, 5.41) is 2.99. The van der Waals surface area contributed by atoms with E-state index in [0.29, 0.717) is 18.6 Å². The van der Waals surface area contributed by atoms with E-state index in [1.54, 1.807) is 30.3 Å². The average molecular weight is 596 g/mol. The van der Waals surface area contributed by atoms with Gasteiger partial charge in [0.05, 0.1) is 24.8 Å². The van der Waals surface area contributed by atoms with Crippen molar-refractivity contribution in [2.45, 2.75) is 57.0 Å². The van der Waals surface area contributed by atoms with Crippen LogP contribution >= 0.6 is 0 Å². The van der Waals surface area contributed by atoms with Crippen molar-refractivity contribution in [3.05, 3.63) is 84.4 Å². The Kier molecular flexibility index (Phi) is 11.8. The van der Waals surface area contributed by atoms with E-state index in [2.05, 4.69) is 5.32 Å². The van der Waals surface area contributed by atoms with Gasteiger partial charge in [-0.1, -0.05) is 62.4 Å². The molecule has 0 radical (unpaired) electrons. The van der Waals surface area contributed by atoms with Crippen molar-refractivity contribution < 1.29 is 27.5 Å². The molecule has 0 aliphatic heterocycles. The molecule has 42 heavy (non-hydrogen) atoms.